The lowest BCUT2D eigenvalue weighted by molar-refractivity contribution is -0.122. The number of carbonyl (C=O) groups excluding carboxylic acids is 4. The predicted molar refractivity (Wildman–Crippen MR) is 135 cm³/mol. The SMILES string of the molecule is Cc1ccc(C(=O)COC(=O)c2ccc(N3C(=O)[C@H]4C[C@H](c5ccccc5)CC[C@H]4C3=O)cc2)cc1. The van der Waals surface area contributed by atoms with Crippen LogP contribution in [0.25, 0.3) is 0 Å². The minimum Gasteiger partial charge on any atom is -0.454 e. The summed E-state index contributed by atoms with van der Waals surface area (Å²) in [5.74, 6) is -1.63. The molecule has 3 aromatic carbocycles. The Morgan fingerprint density at radius 3 is 2.14 bits per heavy atom. The molecule has 5 rings (SSSR count). The molecule has 1 heterocycles. The summed E-state index contributed by atoms with van der Waals surface area (Å²) < 4.78 is 5.18. The second-order valence-electron chi connectivity index (χ2n) is 9.56. The molecular weight excluding hydrogens is 454 g/mol. The lowest BCUT2D eigenvalue weighted by atomic mass is 9.73. The number of ether oxygens (including phenoxy) is 1. The number of fused-ring (bicyclic) bond motifs is 1. The Kier molecular flexibility index (Phi) is 6.51. The number of benzene rings is 3. The van der Waals surface area contributed by atoms with Gasteiger partial charge >= 0.3 is 5.97 Å². The number of rotatable bonds is 6. The quantitative estimate of drug-likeness (QED) is 0.278. The number of nitrogens with zero attached hydrogens (tertiary/aromatic N) is 1. The average Bonchev–Trinajstić information content (AvgIpc) is 3.17. The molecule has 1 aliphatic carbocycles. The van der Waals surface area contributed by atoms with E-state index in [-0.39, 0.29) is 47.5 Å². The van der Waals surface area contributed by atoms with Crippen molar-refractivity contribution in [2.24, 2.45) is 11.8 Å². The van der Waals surface area contributed by atoms with Crippen molar-refractivity contribution in [2.45, 2.75) is 32.1 Å². The molecule has 0 N–H and O–H groups in total. The Hall–Kier alpha value is -4.06. The Labute approximate surface area is 209 Å². The Morgan fingerprint density at radius 1 is 0.806 bits per heavy atom. The number of aryl methyl sites for hydroxylation is 1. The number of esters is 1. The van der Waals surface area contributed by atoms with Gasteiger partial charge in [-0.3, -0.25) is 19.3 Å². The fourth-order valence-corrected chi connectivity index (χ4v) is 5.25. The van der Waals surface area contributed by atoms with E-state index in [1.54, 1.807) is 24.3 Å². The van der Waals surface area contributed by atoms with Gasteiger partial charge in [-0.1, -0.05) is 60.2 Å². The molecule has 182 valence electrons. The van der Waals surface area contributed by atoms with Gasteiger partial charge in [0.2, 0.25) is 11.8 Å². The van der Waals surface area contributed by atoms with Gasteiger partial charge in [-0.15, -0.1) is 0 Å². The zero-order valence-electron chi connectivity index (χ0n) is 20.1. The average molecular weight is 482 g/mol. The molecular formula is C30H27NO5. The van der Waals surface area contributed by atoms with Crippen molar-refractivity contribution >= 4 is 29.3 Å². The molecule has 3 atom stereocenters. The van der Waals surface area contributed by atoms with Gasteiger partial charge in [-0.05, 0) is 61.9 Å². The zero-order chi connectivity index (χ0) is 25.2. The van der Waals surface area contributed by atoms with E-state index in [0.717, 1.165) is 12.0 Å². The largest absolute Gasteiger partial charge is 0.454 e. The molecule has 2 fully saturated rings. The van der Waals surface area contributed by atoms with E-state index in [0.29, 0.717) is 24.1 Å². The first kappa shape index (κ1) is 23.7. The number of ketones is 1. The molecule has 1 saturated carbocycles. The molecule has 6 nitrogen and oxygen atoms in total. The van der Waals surface area contributed by atoms with Crippen LogP contribution in [-0.2, 0) is 14.3 Å². The van der Waals surface area contributed by atoms with E-state index in [9.17, 15) is 19.2 Å². The molecule has 0 aromatic heterocycles. The number of amides is 2. The highest BCUT2D eigenvalue weighted by molar-refractivity contribution is 6.22. The normalized spacial score (nSPS) is 21.2. The van der Waals surface area contributed by atoms with Crippen LogP contribution in [0.1, 0.15) is 57.0 Å². The van der Waals surface area contributed by atoms with Crippen molar-refractivity contribution in [3.8, 4) is 0 Å². The van der Waals surface area contributed by atoms with Crippen molar-refractivity contribution in [3.05, 3.63) is 101 Å². The summed E-state index contributed by atoms with van der Waals surface area (Å²) in [7, 11) is 0. The van der Waals surface area contributed by atoms with Crippen LogP contribution in [-0.4, -0.2) is 30.2 Å². The van der Waals surface area contributed by atoms with Gasteiger partial charge in [-0.25, -0.2) is 4.79 Å². The molecule has 2 aliphatic rings. The smallest absolute Gasteiger partial charge is 0.338 e. The van der Waals surface area contributed by atoms with E-state index < -0.39 is 5.97 Å². The summed E-state index contributed by atoms with van der Waals surface area (Å²) in [6, 6.07) is 23.4. The van der Waals surface area contributed by atoms with Gasteiger partial charge in [0.05, 0.1) is 23.1 Å². The first-order valence-corrected chi connectivity index (χ1v) is 12.2. The number of Topliss-reactive ketones (excluding diaryl/α,β-unsaturated/α-hetero) is 1. The zero-order valence-corrected chi connectivity index (χ0v) is 20.1. The van der Waals surface area contributed by atoms with E-state index in [1.165, 1.54) is 22.6 Å². The van der Waals surface area contributed by atoms with Crippen molar-refractivity contribution in [1.82, 2.24) is 0 Å². The highest BCUT2D eigenvalue weighted by Crippen LogP contribution is 2.45. The Bertz CT molecular complexity index is 1300. The minimum absolute atomic E-state index is 0.171. The molecule has 1 aliphatic heterocycles. The molecule has 0 radical (unpaired) electrons. The van der Waals surface area contributed by atoms with E-state index >= 15 is 0 Å². The van der Waals surface area contributed by atoms with Crippen molar-refractivity contribution in [3.63, 3.8) is 0 Å². The number of hydrogen-bond acceptors (Lipinski definition) is 5. The second kappa shape index (κ2) is 9.90. The van der Waals surface area contributed by atoms with Gasteiger partial charge in [-0.2, -0.15) is 0 Å². The Balaban J connectivity index is 1.23. The monoisotopic (exact) mass is 481 g/mol. The third-order valence-corrected chi connectivity index (χ3v) is 7.27. The molecule has 6 heteroatoms. The highest BCUT2D eigenvalue weighted by Gasteiger charge is 2.50. The van der Waals surface area contributed by atoms with Crippen LogP contribution < -0.4 is 4.90 Å². The van der Waals surface area contributed by atoms with Crippen LogP contribution >= 0.6 is 0 Å². The number of anilines is 1. The molecule has 2 amide bonds. The Morgan fingerprint density at radius 2 is 1.44 bits per heavy atom. The molecule has 1 saturated heterocycles. The molecule has 0 unspecified atom stereocenters. The van der Waals surface area contributed by atoms with Crippen molar-refractivity contribution in [1.29, 1.82) is 0 Å². The molecule has 36 heavy (non-hydrogen) atoms. The molecule has 0 bridgehead atoms. The first-order valence-electron chi connectivity index (χ1n) is 12.2. The van der Waals surface area contributed by atoms with Crippen LogP contribution in [0.2, 0.25) is 0 Å². The predicted octanol–water partition coefficient (Wildman–Crippen LogP) is 5.11. The minimum atomic E-state index is -0.638. The van der Waals surface area contributed by atoms with Gasteiger partial charge in [0, 0.05) is 5.56 Å². The van der Waals surface area contributed by atoms with Crippen molar-refractivity contribution < 1.29 is 23.9 Å². The maximum absolute atomic E-state index is 13.3. The lowest BCUT2D eigenvalue weighted by Crippen LogP contribution is -2.30. The highest BCUT2D eigenvalue weighted by atomic mass is 16.5. The number of imide groups is 1. The van der Waals surface area contributed by atoms with Crippen LogP contribution in [0.3, 0.4) is 0 Å². The summed E-state index contributed by atoms with van der Waals surface area (Å²) in [6.07, 6.45) is 2.23. The van der Waals surface area contributed by atoms with Gasteiger partial charge in [0.1, 0.15) is 0 Å². The van der Waals surface area contributed by atoms with Crippen molar-refractivity contribution in [2.75, 3.05) is 11.5 Å². The maximum Gasteiger partial charge on any atom is 0.338 e. The van der Waals surface area contributed by atoms with Crippen LogP contribution in [0.15, 0.2) is 78.9 Å². The summed E-state index contributed by atoms with van der Waals surface area (Å²) in [6.45, 7) is 1.56. The maximum atomic E-state index is 13.3. The van der Waals surface area contributed by atoms with Crippen LogP contribution in [0.4, 0.5) is 5.69 Å². The van der Waals surface area contributed by atoms with Gasteiger partial charge in [0.25, 0.3) is 0 Å². The van der Waals surface area contributed by atoms with E-state index in [2.05, 4.69) is 12.1 Å². The fraction of sp³-hybridized carbons (Fsp3) is 0.267. The molecule has 3 aromatic rings. The van der Waals surface area contributed by atoms with Crippen LogP contribution in [0, 0.1) is 18.8 Å². The molecule has 0 spiro atoms. The summed E-state index contributed by atoms with van der Waals surface area (Å²) in [4.78, 5) is 52.4. The first-order chi connectivity index (χ1) is 17.4. The second-order valence-corrected chi connectivity index (χ2v) is 9.56. The van der Waals surface area contributed by atoms with E-state index in [4.69, 9.17) is 4.74 Å². The third-order valence-electron chi connectivity index (χ3n) is 7.27. The fourth-order valence-electron chi connectivity index (χ4n) is 5.25. The third kappa shape index (κ3) is 4.59. The van der Waals surface area contributed by atoms with Crippen LogP contribution in [0.5, 0.6) is 0 Å². The lowest BCUT2D eigenvalue weighted by Gasteiger charge is -2.28. The number of hydrogen-bond donors (Lipinski definition) is 0. The topological polar surface area (TPSA) is 80.8 Å². The summed E-state index contributed by atoms with van der Waals surface area (Å²) in [5, 5.41) is 0. The summed E-state index contributed by atoms with van der Waals surface area (Å²) >= 11 is 0. The standard InChI is InChI=1S/C30H27NO5/c1-19-7-9-21(10-8-19)27(32)18-36-30(35)22-11-14-24(15-12-22)31-28(33)25-16-13-23(17-26(25)29(31)34)20-5-3-2-4-6-20/h2-12,14-15,23,25-26H,13,16-18H2,1H3/t23-,25-,26+/m1/s1. The summed E-state index contributed by atoms with van der Waals surface area (Å²) in [5.41, 5.74) is 3.41. The van der Waals surface area contributed by atoms with Gasteiger partial charge in [0.15, 0.2) is 12.4 Å². The van der Waals surface area contributed by atoms with E-state index in [1.807, 2.05) is 37.3 Å². The van der Waals surface area contributed by atoms with Gasteiger partial charge < -0.3 is 4.74 Å². The number of carbonyl (C=O) groups is 4.